The lowest BCUT2D eigenvalue weighted by Crippen LogP contribution is -1.91. The van der Waals surface area contributed by atoms with Gasteiger partial charge < -0.3 is 4.57 Å². The van der Waals surface area contributed by atoms with Gasteiger partial charge in [0, 0.05) is 18.8 Å². The van der Waals surface area contributed by atoms with E-state index in [0.717, 1.165) is 23.5 Å². The van der Waals surface area contributed by atoms with E-state index >= 15 is 0 Å². The molecule has 17 heavy (non-hydrogen) atoms. The molecule has 1 aromatic heterocycles. The first-order valence-electron chi connectivity index (χ1n) is 5.73. The summed E-state index contributed by atoms with van der Waals surface area (Å²) in [6.45, 7) is 2.14. The van der Waals surface area contributed by atoms with Crippen LogP contribution < -0.4 is 0 Å². The summed E-state index contributed by atoms with van der Waals surface area (Å²) in [5, 5.41) is 8.66. The highest BCUT2D eigenvalue weighted by Crippen LogP contribution is 2.19. The SMILES string of the molecule is CCc1ccc(-c2nc(CC#N)cn2C)cc1. The maximum absolute atomic E-state index is 8.66. The molecular formula is C14H15N3. The summed E-state index contributed by atoms with van der Waals surface area (Å²) in [4.78, 5) is 4.47. The third kappa shape index (κ3) is 2.36. The largest absolute Gasteiger partial charge is 0.334 e. The third-order valence-electron chi connectivity index (χ3n) is 2.81. The summed E-state index contributed by atoms with van der Waals surface area (Å²) in [5.74, 6) is 0.915. The van der Waals surface area contributed by atoms with Gasteiger partial charge in [-0.25, -0.2) is 4.98 Å². The Morgan fingerprint density at radius 1 is 1.29 bits per heavy atom. The molecule has 0 saturated heterocycles. The van der Waals surface area contributed by atoms with Crippen LogP contribution in [-0.2, 0) is 19.9 Å². The van der Waals surface area contributed by atoms with Gasteiger partial charge >= 0.3 is 0 Å². The Kier molecular flexibility index (Phi) is 3.24. The molecule has 1 aromatic carbocycles. The summed E-state index contributed by atoms with van der Waals surface area (Å²) >= 11 is 0. The molecule has 2 rings (SSSR count). The van der Waals surface area contributed by atoms with Crippen LogP contribution >= 0.6 is 0 Å². The number of aryl methyl sites for hydroxylation is 2. The molecule has 0 aliphatic carbocycles. The monoisotopic (exact) mass is 225 g/mol. The van der Waals surface area contributed by atoms with E-state index in [1.807, 2.05) is 17.8 Å². The molecule has 0 N–H and O–H groups in total. The van der Waals surface area contributed by atoms with Crippen LogP contribution in [0.5, 0.6) is 0 Å². The average molecular weight is 225 g/mol. The molecule has 1 heterocycles. The second-order valence-electron chi connectivity index (χ2n) is 4.05. The topological polar surface area (TPSA) is 41.6 Å². The van der Waals surface area contributed by atoms with Crippen molar-refractivity contribution in [3.63, 3.8) is 0 Å². The highest BCUT2D eigenvalue weighted by molar-refractivity contribution is 5.56. The average Bonchev–Trinajstić information content (AvgIpc) is 2.71. The van der Waals surface area contributed by atoms with E-state index < -0.39 is 0 Å². The van der Waals surface area contributed by atoms with E-state index in [4.69, 9.17) is 5.26 Å². The van der Waals surface area contributed by atoms with Gasteiger partial charge in [-0.15, -0.1) is 0 Å². The number of aromatic nitrogens is 2. The Labute approximate surface area is 101 Å². The molecule has 3 heteroatoms. The van der Waals surface area contributed by atoms with Crippen molar-refractivity contribution < 1.29 is 0 Å². The zero-order valence-corrected chi connectivity index (χ0v) is 10.1. The summed E-state index contributed by atoms with van der Waals surface area (Å²) in [6, 6.07) is 10.5. The molecule has 0 spiro atoms. The van der Waals surface area contributed by atoms with Gasteiger partial charge in [0.1, 0.15) is 5.82 Å². The minimum Gasteiger partial charge on any atom is -0.334 e. The lowest BCUT2D eigenvalue weighted by Gasteiger charge is -2.02. The molecule has 86 valence electrons. The molecule has 0 aliphatic rings. The van der Waals surface area contributed by atoms with E-state index in [2.05, 4.69) is 42.2 Å². The van der Waals surface area contributed by atoms with Crippen LogP contribution in [0, 0.1) is 11.3 Å². The quantitative estimate of drug-likeness (QED) is 0.806. The summed E-state index contributed by atoms with van der Waals surface area (Å²) in [6.07, 6.45) is 3.31. The molecule has 0 aliphatic heterocycles. The maximum Gasteiger partial charge on any atom is 0.140 e. The van der Waals surface area contributed by atoms with Crippen molar-refractivity contribution in [2.45, 2.75) is 19.8 Å². The van der Waals surface area contributed by atoms with Crippen molar-refractivity contribution >= 4 is 0 Å². The molecule has 0 unspecified atom stereocenters. The van der Waals surface area contributed by atoms with Gasteiger partial charge in [-0.05, 0) is 12.0 Å². The third-order valence-corrected chi connectivity index (χ3v) is 2.81. The van der Waals surface area contributed by atoms with E-state index in [9.17, 15) is 0 Å². The van der Waals surface area contributed by atoms with Gasteiger partial charge in [0.15, 0.2) is 0 Å². The maximum atomic E-state index is 8.66. The number of hydrogen-bond acceptors (Lipinski definition) is 2. The fourth-order valence-electron chi connectivity index (χ4n) is 1.85. The zero-order valence-electron chi connectivity index (χ0n) is 10.1. The van der Waals surface area contributed by atoms with Crippen LogP contribution in [0.25, 0.3) is 11.4 Å². The number of nitrogens with zero attached hydrogens (tertiary/aromatic N) is 3. The molecule has 3 nitrogen and oxygen atoms in total. The van der Waals surface area contributed by atoms with Crippen molar-refractivity contribution in [3.8, 4) is 17.5 Å². The second-order valence-corrected chi connectivity index (χ2v) is 4.05. The molecule has 0 saturated carbocycles. The summed E-state index contributed by atoms with van der Waals surface area (Å²) < 4.78 is 1.97. The van der Waals surface area contributed by atoms with Crippen LogP contribution in [0.3, 0.4) is 0 Å². The van der Waals surface area contributed by atoms with E-state index in [1.165, 1.54) is 5.56 Å². The summed E-state index contributed by atoms with van der Waals surface area (Å²) in [7, 11) is 1.96. The van der Waals surface area contributed by atoms with Crippen molar-refractivity contribution in [2.75, 3.05) is 0 Å². The minimum absolute atomic E-state index is 0.362. The molecule has 0 atom stereocenters. The zero-order chi connectivity index (χ0) is 12.3. The van der Waals surface area contributed by atoms with Crippen LogP contribution in [0.1, 0.15) is 18.2 Å². The molecule has 0 bridgehead atoms. The fraction of sp³-hybridized carbons (Fsp3) is 0.286. The highest BCUT2D eigenvalue weighted by Gasteiger charge is 2.07. The number of rotatable bonds is 3. The van der Waals surface area contributed by atoms with Crippen LogP contribution in [0.15, 0.2) is 30.5 Å². The first-order chi connectivity index (χ1) is 8.24. The lowest BCUT2D eigenvalue weighted by atomic mass is 10.1. The molecule has 0 fully saturated rings. The molecule has 0 radical (unpaired) electrons. The van der Waals surface area contributed by atoms with E-state index in [0.29, 0.717) is 6.42 Å². The first-order valence-corrected chi connectivity index (χ1v) is 5.73. The van der Waals surface area contributed by atoms with Gasteiger partial charge in [0.25, 0.3) is 0 Å². The van der Waals surface area contributed by atoms with Crippen molar-refractivity contribution in [3.05, 3.63) is 41.7 Å². The second kappa shape index (κ2) is 4.84. The molecular weight excluding hydrogens is 210 g/mol. The molecule has 2 aromatic rings. The smallest absolute Gasteiger partial charge is 0.140 e. The number of imidazole rings is 1. The predicted octanol–water partition coefficient (Wildman–Crippen LogP) is 2.72. The lowest BCUT2D eigenvalue weighted by molar-refractivity contribution is 0.923. The van der Waals surface area contributed by atoms with Gasteiger partial charge in [-0.1, -0.05) is 31.2 Å². The normalized spacial score (nSPS) is 10.2. The first kappa shape index (κ1) is 11.4. The minimum atomic E-state index is 0.362. The highest BCUT2D eigenvalue weighted by atomic mass is 15.0. The predicted molar refractivity (Wildman–Crippen MR) is 67.3 cm³/mol. The van der Waals surface area contributed by atoms with E-state index in [1.54, 1.807) is 0 Å². The van der Waals surface area contributed by atoms with Crippen molar-refractivity contribution in [1.82, 2.24) is 9.55 Å². The number of nitriles is 1. The Hall–Kier alpha value is -2.08. The summed E-state index contributed by atoms with van der Waals surface area (Å²) in [5.41, 5.74) is 3.23. The van der Waals surface area contributed by atoms with Gasteiger partial charge in [0.2, 0.25) is 0 Å². The van der Waals surface area contributed by atoms with Crippen LogP contribution in [0.4, 0.5) is 0 Å². The fourth-order valence-corrected chi connectivity index (χ4v) is 1.85. The van der Waals surface area contributed by atoms with Crippen LogP contribution in [-0.4, -0.2) is 9.55 Å². The van der Waals surface area contributed by atoms with Crippen molar-refractivity contribution in [2.24, 2.45) is 7.05 Å². The van der Waals surface area contributed by atoms with E-state index in [-0.39, 0.29) is 0 Å². The Bertz CT molecular complexity index is 544. The Morgan fingerprint density at radius 3 is 2.59 bits per heavy atom. The molecule has 0 amide bonds. The number of benzene rings is 1. The van der Waals surface area contributed by atoms with Crippen LogP contribution in [0.2, 0.25) is 0 Å². The van der Waals surface area contributed by atoms with Gasteiger partial charge in [-0.3, -0.25) is 0 Å². The number of hydrogen-bond donors (Lipinski definition) is 0. The van der Waals surface area contributed by atoms with Gasteiger partial charge in [0.05, 0.1) is 18.2 Å². The van der Waals surface area contributed by atoms with Crippen molar-refractivity contribution in [1.29, 1.82) is 5.26 Å². The standard InChI is InChI=1S/C14H15N3/c1-3-11-4-6-12(7-5-11)14-16-13(8-9-15)10-17(14)2/h4-7,10H,3,8H2,1-2H3. The Morgan fingerprint density at radius 2 is 2.00 bits per heavy atom. The van der Waals surface area contributed by atoms with Gasteiger partial charge in [-0.2, -0.15) is 5.26 Å². The Balaban J connectivity index is 2.35.